The summed E-state index contributed by atoms with van der Waals surface area (Å²) in [5, 5.41) is 19.0. The van der Waals surface area contributed by atoms with Gasteiger partial charge in [-0.2, -0.15) is 24.9 Å². The zero-order valence-corrected chi connectivity index (χ0v) is 16.1. The Morgan fingerprint density at radius 3 is 2.38 bits per heavy atom. The molecule has 0 aliphatic heterocycles. The van der Waals surface area contributed by atoms with E-state index in [0.29, 0.717) is 5.75 Å². The number of para-hydroxylation sites is 1. The van der Waals surface area contributed by atoms with Crippen molar-refractivity contribution in [2.75, 3.05) is 11.5 Å². The normalized spacial score (nSPS) is 14.8. The minimum absolute atomic E-state index is 0.0493. The van der Waals surface area contributed by atoms with Gasteiger partial charge < -0.3 is 20.7 Å². The Morgan fingerprint density at radius 2 is 1.83 bits per heavy atom. The molecule has 29 heavy (non-hydrogen) atoms. The third kappa shape index (κ3) is 6.34. The summed E-state index contributed by atoms with van der Waals surface area (Å²) in [6.07, 6.45) is -4.32. The number of alkyl halides is 3. The van der Waals surface area contributed by atoms with Crippen LogP contribution in [0, 0.1) is 0 Å². The number of thioether (sulfide) groups is 1. The van der Waals surface area contributed by atoms with E-state index >= 15 is 0 Å². The van der Waals surface area contributed by atoms with Gasteiger partial charge in [0.1, 0.15) is 17.5 Å². The first-order chi connectivity index (χ1) is 13.6. The van der Waals surface area contributed by atoms with Crippen LogP contribution in [0.25, 0.3) is 0 Å². The molecule has 2 rings (SSSR count). The van der Waals surface area contributed by atoms with Gasteiger partial charge in [0.05, 0.1) is 11.9 Å². The molecule has 0 bridgehead atoms. The number of benzene rings is 1. The standard InChI is InChI=1S/C19H21F3N2O4S/c20-19(21,22)18(27,9-11-29-10-8-15(23)17(25)26)16-7-6-14(12-24-16)28-13-4-2-1-3-5-13/h1-7,12,15,27H,8-11,23H2,(H,25,26). The van der Waals surface area contributed by atoms with Gasteiger partial charge in [-0.1, -0.05) is 18.2 Å². The van der Waals surface area contributed by atoms with Crippen LogP contribution in [0.4, 0.5) is 13.2 Å². The first kappa shape index (κ1) is 23.0. The summed E-state index contributed by atoms with van der Waals surface area (Å²) < 4.78 is 46.2. The van der Waals surface area contributed by atoms with Crippen LogP contribution in [0.15, 0.2) is 48.7 Å². The molecule has 0 radical (unpaired) electrons. The molecule has 10 heteroatoms. The van der Waals surface area contributed by atoms with Crippen molar-refractivity contribution in [2.45, 2.75) is 30.7 Å². The predicted octanol–water partition coefficient (Wildman–Crippen LogP) is 3.55. The van der Waals surface area contributed by atoms with Gasteiger partial charge in [0, 0.05) is 0 Å². The second-order valence-corrected chi connectivity index (χ2v) is 7.47. The zero-order valence-electron chi connectivity index (χ0n) is 15.3. The molecule has 158 valence electrons. The van der Waals surface area contributed by atoms with Crippen molar-refractivity contribution in [1.82, 2.24) is 4.98 Å². The number of rotatable bonds is 10. The fourth-order valence-corrected chi connectivity index (χ4v) is 3.45. The number of halogens is 3. The van der Waals surface area contributed by atoms with E-state index in [4.69, 9.17) is 15.6 Å². The van der Waals surface area contributed by atoms with Crippen LogP contribution in [0.5, 0.6) is 11.5 Å². The van der Waals surface area contributed by atoms with Crippen molar-refractivity contribution >= 4 is 17.7 Å². The van der Waals surface area contributed by atoms with Gasteiger partial charge in [0.2, 0.25) is 5.60 Å². The van der Waals surface area contributed by atoms with E-state index in [1.54, 1.807) is 30.3 Å². The number of hydrogen-bond acceptors (Lipinski definition) is 6. The van der Waals surface area contributed by atoms with E-state index < -0.39 is 35.9 Å². The smallest absolute Gasteiger partial charge is 0.423 e. The Labute approximate surface area is 169 Å². The van der Waals surface area contributed by atoms with Gasteiger partial charge in [0.15, 0.2) is 0 Å². The van der Waals surface area contributed by atoms with Crippen molar-refractivity contribution in [3.05, 3.63) is 54.4 Å². The number of carbonyl (C=O) groups is 1. The quantitative estimate of drug-likeness (QED) is 0.495. The number of nitrogens with zero attached hydrogens (tertiary/aromatic N) is 1. The summed E-state index contributed by atoms with van der Waals surface area (Å²) in [4.78, 5) is 14.4. The van der Waals surface area contributed by atoms with Crippen LogP contribution in [0.1, 0.15) is 18.5 Å². The fourth-order valence-electron chi connectivity index (χ4n) is 2.38. The number of carboxylic acid groups (broad SMARTS) is 1. The predicted molar refractivity (Wildman–Crippen MR) is 103 cm³/mol. The number of hydrogen-bond donors (Lipinski definition) is 3. The Balaban J connectivity index is 2.02. The third-order valence-electron chi connectivity index (χ3n) is 4.11. The second-order valence-electron chi connectivity index (χ2n) is 6.25. The van der Waals surface area contributed by atoms with E-state index in [1.165, 1.54) is 6.07 Å². The maximum absolute atomic E-state index is 13.6. The monoisotopic (exact) mass is 430 g/mol. The topological polar surface area (TPSA) is 106 Å². The molecule has 2 atom stereocenters. The number of ether oxygens (including phenoxy) is 1. The highest BCUT2D eigenvalue weighted by Crippen LogP contribution is 2.42. The molecule has 0 fully saturated rings. The molecular weight excluding hydrogens is 409 g/mol. The van der Waals surface area contributed by atoms with Crippen LogP contribution in [0.3, 0.4) is 0 Å². The summed E-state index contributed by atoms with van der Waals surface area (Å²) >= 11 is 1.09. The lowest BCUT2D eigenvalue weighted by Crippen LogP contribution is -2.43. The summed E-state index contributed by atoms with van der Waals surface area (Å²) in [5.41, 5.74) is 1.69. The molecule has 2 unspecified atom stereocenters. The van der Waals surface area contributed by atoms with Crippen molar-refractivity contribution in [2.24, 2.45) is 5.73 Å². The number of pyridine rings is 1. The summed E-state index contributed by atoms with van der Waals surface area (Å²) in [6.45, 7) is 0. The Bertz CT molecular complexity index is 790. The van der Waals surface area contributed by atoms with E-state index in [-0.39, 0.29) is 23.7 Å². The van der Waals surface area contributed by atoms with Gasteiger partial charge in [-0.3, -0.25) is 9.78 Å². The lowest BCUT2D eigenvalue weighted by molar-refractivity contribution is -0.268. The number of aliphatic carboxylic acids is 1. The highest BCUT2D eigenvalue weighted by Gasteiger charge is 2.55. The summed E-state index contributed by atoms with van der Waals surface area (Å²) in [6, 6.07) is 10.00. The molecule has 1 heterocycles. The minimum Gasteiger partial charge on any atom is -0.480 e. The lowest BCUT2D eigenvalue weighted by Gasteiger charge is -2.30. The molecule has 0 spiro atoms. The van der Waals surface area contributed by atoms with Crippen molar-refractivity contribution in [3.63, 3.8) is 0 Å². The number of aliphatic hydroxyl groups is 1. The fraction of sp³-hybridized carbons (Fsp3) is 0.368. The van der Waals surface area contributed by atoms with Gasteiger partial charge in [-0.05, 0) is 48.6 Å². The van der Waals surface area contributed by atoms with Gasteiger partial charge >= 0.3 is 12.1 Å². The summed E-state index contributed by atoms with van der Waals surface area (Å²) in [7, 11) is 0. The maximum atomic E-state index is 13.6. The second kappa shape index (κ2) is 9.95. The maximum Gasteiger partial charge on any atom is 0.423 e. The molecular formula is C19H21F3N2O4S. The molecule has 0 saturated carbocycles. The minimum atomic E-state index is -4.93. The largest absolute Gasteiger partial charge is 0.480 e. The van der Waals surface area contributed by atoms with Crippen molar-refractivity contribution in [3.8, 4) is 11.5 Å². The highest BCUT2D eigenvalue weighted by atomic mass is 32.2. The SMILES string of the molecule is NC(CCSCCC(O)(c1ccc(Oc2ccccc2)cn1)C(F)(F)F)C(=O)O. The van der Waals surface area contributed by atoms with E-state index in [1.807, 2.05) is 0 Å². The molecule has 0 saturated heterocycles. The molecule has 4 N–H and O–H groups in total. The molecule has 1 aromatic carbocycles. The van der Waals surface area contributed by atoms with Crippen molar-refractivity contribution < 1.29 is 32.9 Å². The van der Waals surface area contributed by atoms with Crippen LogP contribution < -0.4 is 10.5 Å². The third-order valence-corrected chi connectivity index (χ3v) is 5.12. The molecule has 0 aliphatic carbocycles. The number of aromatic nitrogens is 1. The number of nitrogens with two attached hydrogens (primary N) is 1. The van der Waals surface area contributed by atoms with Crippen LogP contribution in [0.2, 0.25) is 0 Å². The van der Waals surface area contributed by atoms with E-state index in [0.717, 1.165) is 24.0 Å². The van der Waals surface area contributed by atoms with Crippen molar-refractivity contribution in [1.29, 1.82) is 0 Å². The Hall–Kier alpha value is -2.30. The number of carboxylic acids is 1. The molecule has 0 aliphatic rings. The molecule has 0 amide bonds. The van der Waals surface area contributed by atoms with Crippen LogP contribution in [-0.4, -0.2) is 44.9 Å². The first-order valence-corrected chi connectivity index (χ1v) is 9.83. The van der Waals surface area contributed by atoms with Gasteiger partial charge in [-0.15, -0.1) is 0 Å². The molecule has 6 nitrogen and oxygen atoms in total. The van der Waals surface area contributed by atoms with E-state index in [2.05, 4.69) is 4.98 Å². The average molecular weight is 430 g/mol. The Morgan fingerprint density at radius 1 is 1.14 bits per heavy atom. The molecule has 1 aromatic heterocycles. The lowest BCUT2D eigenvalue weighted by atomic mass is 9.95. The van der Waals surface area contributed by atoms with Crippen LogP contribution >= 0.6 is 11.8 Å². The van der Waals surface area contributed by atoms with Gasteiger partial charge in [-0.25, -0.2) is 0 Å². The highest BCUT2D eigenvalue weighted by molar-refractivity contribution is 7.99. The van der Waals surface area contributed by atoms with Crippen LogP contribution in [-0.2, 0) is 10.4 Å². The zero-order chi connectivity index (χ0) is 21.5. The van der Waals surface area contributed by atoms with Gasteiger partial charge in [0.25, 0.3) is 0 Å². The molecule has 2 aromatic rings. The van der Waals surface area contributed by atoms with E-state index in [9.17, 15) is 23.1 Å². The Kier molecular flexibility index (Phi) is 7.88. The summed E-state index contributed by atoms with van der Waals surface area (Å²) in [5.74, 6) is -0.213. The average Bonchev–Trinajstić information content (AvgIpc) is 2.67. The first-order valence-electron chi connectivity index (χ1n) is 8.68.